The zero-order chi connectivity index (χ0) is 16.5. The van der Waals surface area contributed by atoms with Crippen molar-refractivity contribution in [1.29, 1.82) is 0 Å². The molecule has 5 heteroatoms. The first-order chi connectivity index (χ1) is 11.2. The Bertz CT molecular complexity index is 556. The Morgan fingerprint density at radius 1 is 1.04 bits per heavy atom. The number of carbonyl (C=O) groups excluding carboxylic acids is 2. The largest absolute Gasteiger partial charge is 0.462 e. The van der Waals surface area contributed by atoms with Crippen molar-refractivity contribution in [1.82, 2.24) is 5.32 Å². The van der Waals surface area contributed by atoms with Crippen LogP contribution in [-0.4, -0.2) is 25.1 Å². The number of nitrogens with one attached hydrogen (secondary N) is 1. The minimum atomic E-state index is -0.628. The molecule has 23 heavy (non-hydrogen) atoms. The van der Waals surface area contributed by atoms with Crippen molar-refractivity contribution >= 4 is 11.9 Å². The molecule has 0 amide bonds. The van der Waals surface area contributed by atoms with Gasteiger partial charge in [0.25, 0.3) is 0 Å². The molecule has 1 N–H and O–H groups in total. The van der Waals surface area contributed by atoms with Gasteiger partial charge in [0, 0.05) is 12.2 Å². The zero-order valence-electron chi connectivity index (χ0n) is 13.5. The van der Waals surface area contributed by atoms with Crippen LogP contribution in [0.1, 0.15) is 38.2 Å². The molecule has 0 aromatic heterocycles. The Kier molecular flexibility index (Phi) is 6.66. The molecule has 2 rings (SSSR count). The van der Waals surface area contributed by atoms with Crippen LogP contribution >= 0.6 is 0 Å². The number of ether oxygens (including phenoxy) is 2. The number of rotatable bonds is 5. The van der Waals surface area contributed by atoms with Crippen molar-refractivity contribution in [2.45, 2.75) is 39.2 Å². The average molecular weight is 317 g/mol. The molecule has 0 aliphatic carbocycles. The molecule has 5 nitrogen and oxygen atoms in total. The van der Waals surface area contributed by atoms with Crippen LogP contribution in [0, 0.1) is 0 Å². The maximum Gasteiger partial charge on any atom is 0.347 e. The van der Waals surface area contributed by atoms with E-state index in [1.54, 1.807) is 6.92 Å². The standard InChI is InChI=1S/C18H23NO4/c1-2-22-17(20)16(15-11-7-4-8-12-19-15)18(21)23-13-14-9-5-3-6-10-14/h3,5-6,9-10,19H,2,4,7-8,11-13H2,1H3/b16-15+. The summed E-state index contributed by atoms with van der Waals surface area (Å²) in [7, 11) is 0. The lowest BCUT2D eigenvalue weighted by atomic mass is 10.1. The lowest BCUT2D eigenvalue weighted by Crippen LogP contribution is -2.25. The van der Waals surface area contributed by atoms with E-state index in [1.165, 1.54) is 0 Å². The van der Waals surface area contributed by atoms with E-state index in [9.17, 15) is 9.59 Å². The summed E-state index contributed by atoms with van der Waals surface area (Å²) in [5.74, 6) is -1.24. The van der Waals surface area contributed by atoms with Gasteiger partial charge in [-0.25, -0.2) is 9.59 Å². The minimum absolute atomic E-state index is 0.00433. The van der Waals surface area contributed by atoms with Crippen molar-refractivity contribution < 1.29 is 19.1 Å². The van der Waals surface area contributed by atoms with E-state index in [-0.39, 0.29) is 18.8 Å². The van der Waals surface area contributed by atoms with Crippen LogP contribution in [0.15, 0.2) is 41.6 Å². The van der Waals surface area contributed by atoms with Gasteiger partial charge in [0.1, 0.15) is 6.61 Å². The average Bonchev–Trinajstić information content (AvgIpc) is 2.84. The third-order valence-electron chi connectivity index (χ3n) is 3.64. The summed E-state index contributed by atoms with van der Waals surface area (Å²) < 4.78 is 10.3. The molecule has 1 aromatic rings. The fraction of sp³-hybridized carbons (Fsp3) is 0.444. The second kappa shape index (κ2) is 8.98. The van der Waals surface area contributed by atoms with E-state index in [1.807, 2.05) is 30.3 Å². The monoisotopic (exact) mass is 317 g/mol. The van der Waals surface area contributed by atoms with E-state index in [0.717, 1.165) is 31.4 Å². The normalized spacial score (nSPS) is 16.7. The SMILES string of the molecule is CCOC(=O)/C(C(=O)OCc1ccccc1)=C1/CCCCCN1. The third-order valence-corrected chi connectivity index (χ3v) is 3.64. The lowest BCUT2D eigenvalue weighted by molar-refractivity contribution is -0.147. The van der Waals surface area contributed by atoms with Gasteiger partial charge in [0.2, 0.25) is 0 Å². The van der Waals surface area contributed by atoms with Gasteiger partial charge >= 0.3 is 11.9 Å². The molecule has 1 saturated heterocycles. The Morgan fingerprint density at radius 2 is 1.78 bits per heavy atom. The molecule has 0 radical (unpaired) electrons. The van der Waals surface area contributed by atoms with Gasteiger partial charge in [-0.05, 0) is 31.7 Å². The molecular weight excluding hydrogens is 294 g/mol. The molecule has 1 aliphatic rings. The lowest BCUT2D eigenvalue weighted by Gasteiger charge is -2.14. The molecule has 0 bridgehead atoms. The van der Waals surface area contributed by atoms with Gasteiger partial charge in [-0.2, -0.15) is 0 Å². The number of allylic oxidation sites excluding steroid dienone is 1. The number of hydrogen-bond donors (Lipinski definition) is 1. The van der Waals surface area contributed by atoms with Gasteiger partial charge in [-0.3, -0.25) is 0 Å². The molecular formula is C18H23NO4. The fourth-order valence-corrected chi connectivity index (χ4v) is 2.47. The summed E-state index contributed by atoms with van der Waals surface area (Å²) in [6, 6.07) is 9.39. The summed E-state index contributed by atoms with van der Waals surface area (Å²) in [5, 5.41) is 3.18. The molecule has 0 atom stereocenters. The molecule has 1 aliphatic heterocycles. The molecule has 124 valence electrons. The van der Waals surface area contributed by atoms with Crippen LogP contribution in [0.5, 0.6) is 0 Å². The van der Waals surface area contributed by atoms with Crippen molar-refractivity contribution in [3.63, 3.8) is 0 Å². The molecule has 0 saturated carbocycles. The highest BCUT2D eigenvalue weighted by atomic mass is 16.6. The van der Waals surface area contributed by atoms with E-state index >= 15 is 0 Å². The van der Waals surface area contributed by atoms with Gasteiger partial charge in [-0.15, -0.1) is 0 Å². The Hall–Kier alpha value is -2.30. The first-order valence-electron chi connectivity index (χ1n) is 8.07. The van der Waals surface area contributed by atoms with Gasteiger partial charge in [0.15, 0.2) is 5.57 Å². The van der Waals surface area contributed by atoms with Gasteiger partial charge in [-0.1, -0.05) is 36.8 Å². The van der Waals surface area contributed by atoms with E-state index in [4.69, 9.17) is 9.47 Å². The van der Waals surface area contributed by atoms with Crippen molar-refractivity contribution in [3.05, 3.63) is 47.2 Å². The summed E-state index contributed by atoms with van der Waals surface area (Å²) in [6.45, 7) is 2.83. The van der Waals surface area contributed by atoms with Crippen molar-refractivity contribution in [3.8, 4) is 0 Å². The molecule has 1 fully saturated rings. The van der Waals surface area contributed by atoms with Gasteiger partial charge < -0.3 is 14.8 Å². The maximum absolute atomic E-state index is 12.4. The Morgan fingerprint density at radius 3 is 2.52 bits per heavy atom. The molecule has 1 heterocycles. The van der Waals surface area contributed by atoms with Crippen molar-refractivity contribution in [2.75, 3.05) is 13.2 Å². The summed E-state index contributed by atoms with van der Waals surface area (Å²) in [5.41, 5.74) is 1.52. The van der Waals surface area contributed by atoms with Crippen LogP contribution < -0.4 is 5.32 Å². The molecule has 0 unspecified atom stereocenters. The number of esters is 2. The topological polar surface area (TPSA) is 64.6 Å². The quantitative estimate of drug-likeness (QED) is 0.391. The highest BCUT2D eigenvalue weighted by Gasteiger charge is 2.26. The van der Waals surface area contributed by atoms with Crippen LogP contribution in [0.3, 0.4) is 0 Å². The summed E-state index contributed by atoms with van der Waals surface area (Å²) >= 11 is 0. The summed E-state index contributed by atoms with van der Waals surface area (Å²) in [4.78, 5) is 24.6. The number of benzene rings is 1. The highest BCUT2D eigenvalue weighted by molar-refractivity contribution is 6.14. The van der Waals surface area contributed by atoms with Crippen LogP contribution in [0.4, 0.5) is 0 Å². The first-order valence-corrected chi connectivity index (χ1v) is 8.07. The second-order valence-electron chi connectivity index (χ2n) is 5.37. The van der Waals surface area contributed by atoms with Gasteiger partial charge in [0.05, 0.1) is 6.61 Å². The predicted octanol–water partition coefficient (Wildman–Crippen LogP) is 2.71. The van der Waals surface area contributed by atoms with E-state index < -0.39 is 11.9 Å². The molecule has 0 spiro atoms. The number of carbonyl (C=O) groups is 2. The summed E-state index contributed by atoms with van der Waals surface area (Å²) in [6.07, 6.45) is 3.70. The Labute approximate surface area is 136 Å². The van der Waals surface area contributed by atoms with Crippen LogP contribution in [0.2, 0.25) is 0 Å². The number of hydrogen-bond acceptors (Lipinski definition) is 5. The fourth-order valence-electron chi connectivity index (χ4n) is 2.47. The van der Waals surface area contributed by atoms with Crippen molar-refractivity contribution in [2.24, 2.45) is 0 Å². The Balaban J connectivity index is 2.13. The predicted molar refractivity (Wildman–Crippen MR) is 86.4 cm³/mol. The minimum Gasteiger partial charge on any atom is -0.462 e. The highest BCUT2D eigenvalue weighted by Crippen LogP contribution is 2.18. The second-order valence-corrected chi connectivity index (χ2v) is 5.37. The van der Waals surface area contributed by atoms with Crippen LogP contribution in [-0.2, 0) is 25.7 Å². The van der Waals surface area contributed by atoms with E-state index in [2.05, 4.69) is 5.32 Å². The molecule has 1 aromatic carbocycles. The van der Waals surface area contributed by atoms with Crippen LogP contribution in [0.25, 0.3) is 0 Å². The smallest absolute Gasteiger partial charge is 0.347 e. The third kappa shape index (κ3) is 5.13. The zero-order valence-corrected chi connectivity index (χ0v) is 13.5. The van der Waals surface area contributed by atoms with E-state index in [0.29, 0.717) is 12.1 Å². The first kappa shape index (κ1) is 17.1. The maximum atomic E-state index is 12.4.